The number of carbonyl (C=O) groups excluding carboxylic acids is 1. The lowest BCUT2D eigenvalue weighted by Gasteiger charge is -2.39. The van der Waals surface area contributed by atoms with Crippen molar-refractivity contribution in [2.45, 2.75) is 32.5 Å². The van der Waals surface area contributed by atoms with Crippen LogP contribution in [-0.4, -0.2) is 48.0 Å². The molecular weight excluding hydrogens is 340 g/mol. The number of nitrogens with one attached hydrogen (secondary N) is 1. The maximum atomic E-state index is 12.3. The number of nitrogens with zero attached hydrogens (tertiary/aromatic N) is 3. The van der Waals surface area contributed by atoms with Gasteiger partial charge < -0.3 is 15.0 Å². The number of aromatic nitrogens is 2. The molecule has 0 saturated carbocycles. The van der Waals surface area contributed by atoms with E-state index in [-0.39, 0.29) is 18.1 Å². The van der Waals surface area contributed by atoms with Crippen molar-refractivity contribution in [3.8, 4) is 0 Å². The zero-order chi connectivity index (χ0) is 15.6. The van der Waals surface area contributed by atoms with E-state index in [0.29, 0.717) is 10.5 Å². The third-order valence-electron chi connectivity index (χ3n) is 3.55. The van der Waals surface area contributed by atoms with Crippen molar-refractivity contribution in [1.29, 1.82) is 0 Å². The number of hydrogen-bond donors (Lipinski definition) is 1. The molecule has 7 nitrogen and oxygen atoms in total. The Morgan fingerprint density at radius 1 is 1.57 bits per heavy atom. The maximum Gasteiger partial charge on any atom is 0.327 e. The number of esters is 1. The Morgan fingerprint density at radius 2 is 2.29 bits per heavy atom. The summed E-state index contributed by atoms with van der Waals surface area (Å²) in [4.78, 5) is 25.7. The first-order chi connectivity index (χ1) is 9.93. The minimum absolute atomic E-state index is 0.193. The lowest BCUT2D eigenvalue weighted by molar-refractivity contribution is -0.141. The van der Waals surface area contributed by atoms with E-state index in [9.17, 15) is 9.59 Å². The molecule has 116 valence electrons. The monoisotopic (exact) mass is 358 g/mol. The Balaban J connectivity index is 2.32. The van der Waals surface area contributed by atoms with Crippen molar-refractivity contribution in [2.24, 2.45) is 0 Å². The Kier molecular flexibility index (Phi) is 5.00. The van der Waals surface area contributed by atoms with Gasteiger partial charge in [0.15, 0.2) is 0 Å². The lowest BCUT2D eigenvalue weighted by Crippen LogP contribution is -2.55. The van der Waals surface area contributed by atoms with Crippen LogP contribution in [0.1, 0.15) is 13.8 Å². The minimum Gasteiger partial charge on any atom is -0.468 e. The molecule has 0 aromatic carbocycles. The van der Waals surface area contributed by atoms with Gasteiger partial charge in [0.05, 0.1) is 19.0 Å². The van der Waals surface area contributed by atoms with Crippen LogP contribution in [0.3, 0.4) is 0 Å². The summed E-state index contributed by atoms with van der Waals surface area (Å²) >= 11 is 3.34. The molecule has 2 rings (SSSR count). The van der Waals surface area contributed by atoms with Crippen LogP contribution in [0, 0.1) is 0 Å². The van der Waals surface area contributed by atoms with Crippen LogP contribution >= 0.6 is 15.9 Å². The summed E-state index contributed by atoms with van der Waals surface area (Å²) in [5.41, 5.74) is 0.415. The van der Waals surface area contributed by atoms with Gasteiger partial charge in [-0.15, -0.1) is 0 Å². The van der Waals surface area contributed by atoms with Crippen molar-refractivity contribution in [3.05, 3.63) is 21.0 Å². The molecule has 0 spiro atoms. The fraction of sp³-hybridized carbons (Fsp3) is 0.615. The van der Waals surface area contributed by atoms with E-state index in [1.807, 2.05) is 0 Å². The number of rotatable bonds is 3. The van der Waals surface area contributed by atoms with Crippen LogP contribution in [0.15, 0.2) is 15.5 Å². The first kappa shape index (κ1) is 16.0. The molecule has 1 fully saturated rings. The number of halogens is 1. The zero-order valence-corrected chi connectivity index (χ0v) is 13.9. The first-order valence-electron chi connectivity index (χ1n) is 6.76. The molecule has 0 aliphatic carbocycles. The molecular formula is C13H19BrN4O3. The van der Waals surface area contributed by atoms with Gasteiger partial charge in [-0.25, -0.2) is 4.68 Å². The van der Waals surface area contributed by atoms with Gasteiger partial charge in [0.1, 0.15) is 11.0 Å². The van der Waals surface area contributed by atoms with Gasteiger partial charge in [-0.2, -0.15) is 5.10 Å². The van der Waals surface area contributed by atoms with Crippen molar-refractivity contribution < 1.29 is 9.53 Å². The smallest absolute Gasteiger partial charge is 0.327 e. The molecule has 1 aromatic rings. The summed E-state index contributed by atoms with van der Waals surface area (Å²) in [5.74, 6) is -0.506. The summed E-state index contributed by atoms with van der Waals surface area (Å²) in [6.07, 6.45) is 1.61. The highest BCUT2D eigenvalue weighted by molar-refractivity contribution is 9.10. The zero-order valence-electron chi connectivity index (χ0n) is 12.3. The number of hydrogen-bond acceptors (Lipinski definition) is 6. The Labute approximate surface area is 131 Å². The second-order valence-corrected chi connectivity index (χ2v) is 5.99. The molecule has 2 unspecified atom stereocenters. The standard InChI is InChI=1S/C13H19BrN4O3/c1-8-6-17(9(2)4-15-8)10-5-16-18(7-11(19)21-3)13(20)12(10)14/h5,8-9,15H,4,6-7H2,1-3H3. The second kappa shape index (κ2) is 6.57. The first-order valence-corrected chi connectivity index (χ1v) is 7.55. The molecule has 0 bridgehead atoms. The van der Waals surface area contributed by atoms with Crippen LogP contribution in [-0.2, 0) is 16.1 Å². The quantitative estimate of drug-likeness (QED) is 0.786. The van der Waals surface area contributed by atoms with Gasteiger partial charge in [-0.1, -0.05) is 0 Å². The number of anilines is 1. The highest BCUT2D eigenvalue weighted by Gasteiger charge is 2.25. The fourth-order valence-corrected chi connectivity index (χ4v) is 2.85. The maximum absolute atomic E-state index is 12.3. The van der Waals surface area contributed by atoms with Crippen LogP contribution in [0.2, 0.25) is 0 Å². The van der Waals surface area contributed by atoms with E-state index < -0.39 is 5.97 Å². The van der Waals surface area contributed by atoms with Crippen LogP contribution < -0.4 is 15.8 Å². The van der Waals surface area contributed by atoms with Gasteiger partial charge in [0.2, 0.25) is 0 Å². The molecule has 2 heterocycles. The van der Waals surface area contributed by atoms with Gasteiger partial charge in [-0.3, -0.25) is 9.59 Å². The Morgan fingerprint density at radius 3 is 2.95 bits per heavy atom. The second-order valence-electron chi connectivity index (χ2n) is 5.19. The normalized spacial score (nSPS) is 22.2. The molecule has 1 saturated heterocycles. The van der Waals surface area contributed by atoms with Crippen LogP contribution in [0.4, 0.5) is 5.69 Å². The molecule has 2 atom stereocenters. The van der Waals surface area contributed by atoms with Crippen LogP contribution in [0.25, 0.3) is 0 Å². The van der Waals surface area contributed by atoms with Gasteiger partial charge in [0.25, 0.3) is 5.56 Å². The molecule has 0 amide bonds. The highest BCUT2D eigenvalue weighted by Crippen LogP contribution is 2.25. The van der Waals surface area contributed by atoms with Crippen LogP contribution in [0.5, 0.6) is 0 Å². The van der Waals surface area contributed by atoms with Crippen molar-refractivity contribution in [2.75, 3.05) is 25.1 Å². The number of piperazine rings is 1. The SMILES string of the molecule is COC(=O)Cn1ncc(N2CC(C)NCC2C)c(Br)c1=O. The predicted molar refractivity (Wildman–Crippen MR) is 82.5 cm³/mol. The molecule has 8 heteroatoms. The lowest BCUT2D eigenvalue weighted by atomic mass is 10.1. The van der Waals surface area contributed by atoms with Crippen molar-refractivity contribution in [1.82, 2.24) is 15.1 Å². The fourth-order valence-electron chi connectivity index (χ4n) is 2.31. The van der Waals surface area contributed by atoms with Gasteiger partial charge >= 0.3 is 5.97 Å². The summed E-state index contributed by atoms with van der Waals surface area (Å²) in [7, 11) is 1.28. The van der Waals surface area contributed by atoms with Gasteiger partial charge in [-0.05, 0) is 29.8 Å². The number of carbonyl (C=O) groups is 1. The Bertz CT molecular complexity index is 589. The topological polar surface area (TPSA) is 76.5 Å². The summed E-state index contributed by atoms with van der Waals surface area (Å²) < 4.78 is 6.07. The summed E-state index contributed by atoms with van der Waals surface area (Å²) in [6.45, 7) is 5.63. The number of methoxy groups -OCH3 is 1. The Hall–Kier alpha value is -1.41. The molecule has 0 radical (unpaired) electrons. The minimum atomic E-state index is -0.506. The molecule has 1 aliphatic heterocycles. The van der Waals surface area contributed by atoms with E-state index in [2.05, 4.69) is 49.8 Å². The van der Waals surface area contributed by atoms with Gasteiger partial charge in [0, 0.05) is 25.2 Å². The average molecular weight is 359 g/mol. The molecule has 1 aromatic heterocycles. The number of ether oxygens (including phenoxy) is 1. The predicted octanol–water partition coefficient (Wildman–Crippen LogP) is 0.365. The molecule has 21 heavy (non-hydrogen) atoms. The highest BCUT2D eigenvalue weighted by atomic mass is 79.9. The van der Waals surface area contributed by atoms with Crippen molar-refractivity contribution in [3.63, 3.8) is 0 Å². The van der Waals surface area contributed by atoms with E-state index in [1.165, 1.54) is 7.11 Å². The average Bonchev–Trinajstić information content (AvgIpc) is 2.47. The van der Waals surface area contributed by atoms with E-state index >= 15 is 0 Å². The molecule has 1 N–H and O–H groups in total. The van der Waals surface area contributed by atoms with E-state index in [0.717, 1.165) is 23.5 Å². The third-order valence-corrected chi connectivity index (χ3v) is 4.29. The summed E-state index contributed by atoms with van der Waals surface area (Å²) in [6, 6.07) is 0.598. The third kappa shape index (κ3) is 3.44. The van der Waals surface area contributed by atoms with E-state index in [1.54, 1.807) is 6.20 Å². The summed E-state index contributed by atoms with van der Waals surface area (Å²) in [5, 5.41) is 7.46. The van der Waals surface area contributed by atoms with Crippen molar-refractivity contribution >= 4 is 27.6 Å². The largest absolute Gasteiger partial charge is 0.468 e. The molecule has 1 aliphatic rings. The van der Waals surface area contributed by atoms with E-state index in [4.69, 9.17) is 0 Å².